The van der Waals surface area contributed by atoms with E-state index in [1.165, 1.54) is 0 Å². The predicted octanol–water partition coefficient (Wildman–Crippen LogP) is 3.84. The highest BCUT2D eigenvalue weighted by atomic mass is 16.7. The Morgan fingerprint density at radius 3 is 2.41 bits per heavy atom. The Bertz CT molecular complexity index is 537. The number of hydrogen-bond acceptors (Lipinski definition) is 6. The van der Waals surface area contributed by atoms with Crippen LogP contribution in [0.1, 0.15) is 74.1 Å². The van der Waals surface area contributed by atoms with E-state index in [2.05, 4.69) is 17.7 Å². The van der Waals surface area contributed by atoms with Crippen LogP contribution < -0.4 is 10.8 Å². The minimum Gasteiger partial charge on any atom is -0.463 e. The Balaban J connectivity index is 2.88. The lowest BCUT2D eigenvalue weighted by Crippen LogP contribution is -2.45. The molecule has 7 heteroatoms. The summed E-state index contributed by atoms with van der Waals surface area (Å²) in [4.78, 5) is 30.1. The molecule has 2 atom stereocenters. The minimum absolute atomic E-state index is 0.0736. The average molecular weight is 385 g/mol. The molecule has 0 saturated heterocycles. The zero-order chi connectivity index (χ0) is 20.6. The van der Waals surface area contributed by atoms with Gasteiger partial charge < -0.3 is 14.8 Å². The van der Waals surface area contributed by atoms with Crippen LogP contribution in [-0.4, -0.2) is 36.4 Å². The molecule has 1 aliphatic heterocycles. The third-order valence-electron chi connectivity index (χ3n) is 4.19. The molecular weight excluding hydrogens is 348 g/mol. The fourth-order valence-corrected chi connectivity index (χ4v) is 2.84. The van der Waals surface area contributed by atoms with E-state index in [4.69, 9.17) is 14.3 Å². The summed E-state index contributed by atoms with van der Waals surface area (Å²) in [5, 5.41) is 2.88. The van der Waals surface area contributed by atoms with Crippen molar-refractivity contribution in [2.24, 2.45) is 5.92 Å². The van der Waals surface area contributed by atoms with Gasteiger partial charge in [0.25, 0.3) is 0 Å². The van der Waals surface area contributed by atoms with Gasteiger partial charge in [-0.1, -0.05) is 40.5 Å². The zero-order valence-corrected chi connectivity index (χ0v) is 17.8. The Morgan fingerprint density at radius 2 is 1.89 bits per heavy atom. The Labute approximate surface area is 163 Å². The summed E-state index contributed by atoms with van der Waals surface area (Å²) >= 11 is 0. The molecule has 2 N–H and O–H groups in total. The van der Waals surface area contributed by atoms with E-state index >= 15 is 0 Å². The maximum Gasteiger partial charge on any atom is 0.408 e. The lowest BCUT2D eigenvalue weighted by molar-refractivity contribution is -0.156. The van der Waals surface area contributed by atoms with Crippen molar-refractivity contribution in [2.75, 3.05) is 6.61 Å². The van der Waals surface area contributed by atoms with Gasteiger partial charge in [-0.2, -0.15) is 0 Å². The maximum atomic E-state index is 12.4. The zero-order valence-electron chi connectivity index (χ0n) is 17.8. The molecule has 0 aromatic carbocycles. The molecule has 27 heavy (non-hydrogen) atoms. The van der Waals surface area contributed by atoms with E-state index in [9.17, 15) is 9.59 Å². The fraction of sp³-hybridized carbons (Fsp3) is 0.800. The first-order chi connectivity index (χ1) is 12.6. The van der Waals surface area contributed by atoms with E-state index in [-0.39, 0.29) is 12.0 Å². The third kappa shape index (κ3) is 7.40. The number of carbonyl (C=O) groups is 2. The van der Waals surface area contributed by atoms with Gasteiger partial charge >= 0.3 is 12.1 Å². The van der Waals surface area contributed by atoms with Gasteiger partial charge in [0.1, 0.15) is 5.60 Å². The molecule has 1 aliphatic rings. The standard InChI is InChI=1S/C20H36N2O5/c1-8-10-11-12-25-18(23)17-14(9-2)16(22-27-17)15(13(3)4)21-19(24)26-20(5,6)7/h13,15,17,22H,8-12H2,1-7H3,(H,21,24)/t15-,17?/m0/s1. The summed E-state index contributed by atoms with van der Waals surface area (Å²) in [6.07, 6.45) is 2.25. The first-order valence-electron chi connectivity index (χ1n) is 9.91. The summed E-state index contributed by atoms with van der Waals surface area (Å²) in [7, 11) is 0. The molecule has 0 bridgehead atoms. The summed E-state index contributed by atoms with van der Waals surface area (Å²) < 4.78 is 10.7. The quantitative estimate of drug-likeness (QED) is 0.464. The van der Waals surface area contributed by atoms with Gasteiger partial charge in [0.2, 0.25) is 6.10 Å². The number of alkyl carbamates (subject to hydrolysis) is 1. The van der Waals surface area contributed by atoms with Gasteiger partial charge in [-0.15, -0.1) is 0 Å². The second kappa shape index (κ2) is 10.5. The van der Waals surface area contributed by atoms with E-state index in [1.807, 2.05) is 41.5 Å². The number of ether oxygens (including phenoxy) is 2. The van der Waals surface area contributed by atoms with Crippen molar-refractivity contribution in [1.82, 2.24) is 10.8 Å². The number of hydrogen-bond donors (Lipinski definition) is 2. The van der Waals surface area contributed by atoms with Crippen LogP contribution >= 0.6 is 0 Å². The maximum absolute atomic E-state index is 12.4. The van der Waals surface area contributed by atoms with E-state index in [0.29, 0.717) is 18.7 Å². The van der Waals surface area contributed by atoms with Crippen LogP contribution in [0.25, 0.3) is 0 Å². The molecule has 0 aromatic heterocycles. The van der Waals surface area contributed by atoms with Crippen LogP contribution in [0.4, 0.5) is 4.79 Å². The van der Waals surface area contributed by atoms with E-state index in [1.54, 1.807) is 0 Å². The molecule has 156 valence electrons. The molecule has 1 rings (SSSR count). The molecule has 0 radical (unpaired) electrons. The molecule has 7 nitrogen and oxygen atoms in total. The highest BCUT2D eigenvalue weighted by Crippen LogP contribution is 2.27. The highest BCUT2D eigenvalue weighted by Gasteiger charge is 2.37. The van der Waals surface area contributed by atoms with Gasteiger partial charge in [-0.3, -0.25) is 10.3 Å². The molecule has 0 aromatic rings. The molecule has 0 aliphatic carbocycles. The summed E-state index contributed by atoms with van der Waals surface area (Å²) in [5.41, 5.74) is 3.76. The van der Waals surface area contributed by atoms with Crippen LogP contribution in [-0.2, 0) is 19.1 Å². The second-order valence-electron chi connectivity index (χ2n) is 8.13. The summed E-state index contributed by atoms with van der Waals surface area (Å²) in [6, 6.07) is -0.354. The molecule has 0 fully saturated rings. The number of hydroxylamine groups is 1. The van der Waals surface area contributed by atoms with Crippen molar-refractivity contribution in [3.05, 3.63) is 11.3 Å². The van der Waals surface area contributed by atoms with Gasteiger partial charge in [0.05, 0.1) is 18.3 Å². The van der Waals surface area contributed by atoms with Crippen LogP contribution in [0.3, 0.4) is 0 Å². The van der Waals surface area contributed by atoms with Crippen molar-refractivity contribution in [2.45, 2.75) is 91.9 Å². The molecule has 0 spiro atoms. The Kier molecular flexibility index (Phi) is 9.09. The van der Waals surface area contributed by atoms with Gasteiger partial charge in [-0.25, -0.2) is 9.59 Å². The summed E-state index contributed by atoms with van der Waals surface area (Å²) in [5.74, 6) is -0.324. The lowest BCUT2D eigenvalue weighted by Gasteiger charge is -2.27. The van der Waals surface area contributed by atoms with Crippen LogP contribution in [0.2, 0.25) is 0 Å². The number of unbranched alkanes of at least 4 members (excludes halogenated alkanes) is 2. The van der Waals surface area contributed by atoms with Crippen molar-refractivity contribution in [3.63, 3.8) is 0 Å². The van der Waals surface area contributed by atoms with Crippen LogP contribution in [0, 0.1) is 5.92 Å². The number of amides is 1. The first kappa shape index (κ1) is 23.3. The largest absolute Gasteiger partial charge is 0.463 e. The topological polar surface area (TPSA) is 85.9 Å². The van der Waals surface area contributed by atoms with Crippen LogP contribution in [0.5, 0.6) is 0 Å². The SMILES string of the molecule is CCCCCOC(=O)C1ONC([C@@H](NC(=O)OC(C)(C)C)C(C)C)=C1CC. The average Bonchev–Trinajstić information content (AvgIpc) is 2.98. The van der Waals surface area contributed by atoms with Gasteiger partial charge in [0.15, 0.2) is 0 Å². The Hall–Kier alpha value is -1.76. The summed E-state index contributed by atoms with van der Waals surface area (Å²) in [6.45, 7) is 13.9. The lowest BCUT2D eigenvalue weighted by atomic mass is 9.94. The molecule has 1 unspecified atom stereocenters. The number of esters is 1. The Morgan fingerprint density at radius 1 is 1.22 bits per heavy atom. The van der Waals surface area contributed by atoms with Crippen LogP contribution in [0.15, 0.2) is 11.3 Å². The molecule has 0 saturated carbocycles. The van der Waals surface area contributed by atoms with Gasteiger partial charge in [-0.05, 0) is 45.1 Å². The third-order valence-corrected chi connectivity index (χ3v) is 4.19. The number of rotatable bonds is 9. The normalized spacial score (nSPS) is 18.3. The van der Waals surface area contributed by atoms with Crippen molar-refractivity contribution in [1.29, 1.82) is 0 Å². The number of carbonyl (C=O) groups excluding carboxylic acids is 2. The number of nitrogens with one attached hydrogen (secondary N) is 2. The fourth-order valence-electron chi connectivity index (χ4n) is 2.84. The van der Waals surface area contributed by atoms with E-state index < -0.39 is 23.8 Å². The predicted molar refractivity (Wildman–Crippen MR) is 104 cm³/mol. The first-order valence-corrected chi connectivity index (χ1v) is 9.91. The monoisotopic (exact) mass is 384 g/mol. The van der Waals surface area contributed by atoms with E-state index in [0.717, 1.165) is 24.8 Å². The molecule has 1 heterocycles. The molecular formula is C20H36N2O5. The molecule has 1 amide bonds. The minimum atomic E-state index is -0.784. The smallest absolute Gasteiger partial charge is 0.408 e. The van der Waals surface area contributed by atoms with Gasteiger partial charge in [0, 0.05) is 0 Å². The highest BCUT2D eigenvalue weighted by molar-refractivity contribution is 5.79. The van der Waals surface area contributed by atoms with Crippen molar-refractivity contribution in [3.8, 4) is 0 Å². The van der Waals surface area contributed by atoms with Crippen molar-refractivity contribution >= 4 is 12.1 Å². The van der Waals surface area contributed by atoms with Crippen molar-refractivity contribution < 1.29 is 23.9 Å². The second-order valence-corrected chi connectivity index (χ2v) is 8.13.